The molecule has 1 saturated carbocycles. The van der Waals surface area contributed by atoms with Crippen LogP contribution in [0.15, 0.2) is 0 Å². The van der Waals surface area contributed by atoms with Gasteiger partial charge in [-0.25, -0.2) is 0 Å². The SMILES string of the molecule is CC(=O)OCCOC1CCCC1. The molecule has 3 nitrogen and oxygen atoms in total. The molecular weight excluding hydrogens is 156 g/mol. The first kappa shape index (κ1) is 9.52. The van der Waals surface area contributed by atoms with Crippen molar-refractivity contribution in [2.24, 2.45) is 0 Å². The number of esters is 1. The summed E-state index contributed by atoms with van der Waals surface area (Å²) in [5, 5.41) is 0. The monoisotopic (exact) mass is 172 g/mol. The average Bonchev–Trinajstić information content (AvgIpc) is 2.49. The van der Waals surface area contributed by atoms with Crippen LogP contribution in [0.2, 0.25) is 0 Å². The predicted molar refractivity (Wildman–Crippen MR) is 44.8 cm³/mol. The molecule has 0 atom stereocenters. The maximum Gasteiger partial charge on any atom is 0.302 e. The van der Waals surface area contributed by atoms with Crippen molar-refractivity contribution in [3.05, 3.63) is 0 Å². The molecule has 70 valence electrons. The van der Waals surface area contributed by atoms with E-state index in [9.17, 15) is 4.79 Å². The largest absolute Gasteiger partial charge is 0.463 e. The predicted octanol–water partition coefficient (Wildman–Crippen LogP) is 1.51. The minimum atomic E-state index is -0.231. The minimum absolute atomic E-state index is 0.231. The second-order valence-corrected chi connectivity index (χ2v) is 3.12. The summed E-state index contributed by atoms with van der Waals surface area (Å²) in [7, 11) is 0. The molecule has 0 heterocycles. The normalized spacial score (nSPS) is 18.1. The van der Waals surface area contributed by atoms with Gasteiger partial charge in [-0.2, -0.15) is 0 Å². The molecule has 1 aliphatic carbocycles. The average molecular weight is 172 g/mol. The van der Waals surface area contributed by atoms with Gasteiger partial charge in [0.1, 0.15) is 6.61 Å². The Labute approximate surface area is 73.0 Å². The molecule has 1 rings (SSSR count). The van der Waals surface area contributed by atoms with Gasteiger partial charge in [0.2, 0.25) is 0 Å². The first-order chi connectivity index (χ1) is 5.79. The lowest BCUT2D eigenvalue weighted by Gasteiger charge is -2.10. The summed E-state index contributed by atoms with van der Waals surface area (Å²) in [5.41, 5.74) is 0. The van der Waals surface area contributed by atoms with Crippen molar-refractivity contribution < 1.29 is 14.3 Å². The van der Waals surface area contributed by atoms with Crippen LogP contribution >= 0.6 is 0 Å². The number of hydrogen-bond acceptors (Lipinski definition) is 3. The highest BCUT2D eigenvalue weighted by molar-refractivity contribution is 5.65. The Morgan fingerprint density at radius 1 is 1.33 bits per heavy atom. The van der Waals surface area contributed by atoms with E-state index in [-0.39, 0.29) is 5.97 Å². The standard InChI is InChI=1S/C9H16O3/c1-8(10)11-6-7-12-9-4-2-3-5-9/h9H,2-7H2,1H3. The fourth-order valence-electron chi connectivity index (χ4n) is 1.46. The lowest BCUT2D eigenvalue weighted by atomic mass is 10.3. The quantitative estimate of drug-likeness (QED) is 0.476. The zero-order valence-corrected chi connectivity index (χ0v) is 7.54. The minimum Gasteiger partial charge on any atom is -0.463 e. The Bertz CT molecular complexity index is 139. The maximum absolute atomic E-state index is 10.4. The van der Waals surface area contributed by atoms with E-state index in [1.165, 1.54) is 32.6 Å². The first-order valence-corrected chi connectivity index (χ1v) is 4.54. The summed E-state index contributed by atoms with van der Waals surface area (Å²) in [4.78, 5) is 10.4. The third-order valence-corrected chi connectivity index (χ3v) is 2.04. The van der Waals surface area contributed by atoms with Crippen LogP contribution in [-0.4, -0.2) is 25.3 Å². The van der Waals surface area contributed by atoms with Crippen LogP contribution in [0.25, 0.3) is 0 Å². The van der Waals surface area contributed by atoms with Crippen molar-refractivity contribution in [3.8, 4) is 0 Å². The van der Waals surface area contributed by atoms with Gasteiger partial charge in [0, 0.05) is 6.92 Å². The van der Waals surface area contributed by atoms with Crippen LogP contribution in [0, 0.1) is 0 Å². The highest BCUT2D eigenvalue weighted by atomic mass is 16.6. The van der Waals surface area contributed by atoms with Gasteiger partial charge < -0.3 is 9.47 Å². The van der Waals surface area contributed by atoms with E-state index < -0.39 is 0 Å². The summed E-state index contributed by atoms with van der Waals surface area (Å²) >= 11 is 0. The maximum atomic E-state index is 10.4. The number of carbonyl (C=O) groups excluding carboxylic acids is 1. The molecule has 3 heteroatoms. The van der Waals surface area contributed by atoms with Gasteiger partial charge >= 0.3 is 5.97 Å². The second kappa shape index (κ2) is 5.14. The lowest BCUT2D eigenvalue weighted by molar-refractivity contribution is -0.143. The topological polar surface area (TPSA) is 35.5 Å². The van der Waals surface area contributed by atoms with Crippen molar-refractivity contribution in [2.75, 3.05) is 13.2 Å². The van der Waals surface area contributed by atoms with Gasteiger partial charge in [-0.1, -0.05) is 12.8 Å². The van der Waals surface area contributed by atoms with E-state index >= 15 is 0 Å². The molecule has 0 aromatic carbocycles. The number of hydrogen-bond donors (Lipinski definition) is 0. The molecular formula is C9H16O3. The Hall–Kier alpha value is -0.570. The van der Waals surface area contributed by atoms with Crippen LogP contribution < -0.4 is 0 Å². The Morgan fingerprint density at radius 2 is 2.00 bits per heavy atom. The van der Waals surface area contributed by atoms with E-state index in [0.29, 0.717) is 19.3 Å². The molecule has 0 bridgehead atoms. The molecule has 0 amide bonds. The van der Waals surface area contributed by atoms with E-state index in [1.807, 2.05) is 0 Å². The highest BCUT2D eigenvalue weighted by Gasteiger charge is 2.14. The molecule has 0 spiro atoms. The van der Waals surface area contributed by atoms with Gasteiger partial charge in [0.25, 0.3) is 0 Å². The zero-order chi connectivity index (χ0) is 8.81. The third-order valence-electron chi connectivity index (χ3n) is 2.04. The molecule has 0 aromatic heterocycles. The van der Waals surface area contributed by atoms with Gasteiger partial charge in [-0.15, -0.1) is 0 Å². The fourth-order valence-corrected chi connectivity index (χ4v) is 1.46. The van der Waals surface area contributed by atoms with Gasteiger partial charge in [-0.3, -0.25) is 4.79 Å². The van der Waals surface area contributed by atoms with Crippen molar-refractivity contribution in [1.29, 1.82) is 0 Å². The van der Waals surface area contributed by atoms with Crippen molar-refractivity contribution in [3.63, 3.8) is 0 Å². The molecule has 1 aliphatic rings. The molecule has 0 aromatic rings. The van der Waals surface area contributed by atoms with Crippen LogP contribution in [0.1, 0.15) is 32.6 Å². The van der Waals surface area contributed by atoms with Gasteiger partial charge in [0.05, 0.1) is 12.7 Å². The molecule has 0 N–H and O–H groups in total. The summed E-state index contributed by atoms with van der Waals surface area (Å²) in [5.74, 6) is -0.231. The van der Waals surface area contributed by atoms with E-state index in [1.54, 1.807) is 0 Å². The molecule has 0 aliphatic heterocycles. The van der Waals surface area contributed by atoms with E-state index in [4.69, 9.17) is 9.47 Å². The summed E-state index contributed by atoms with van der Waals surface area (Å²) < 4.78 is 10.2. The Morgan fingerprint density at radius 3 is 2.58 bits per heavy atom. The van der Waals surface area contributed by atoms with Crippen LogP contribution in [-0.2, 0) is 14.3 Å². The van der Waals surface area contributed by atoms with Crippen molar-refractivity contribution >= 4 is 5.97 Å². The van der Waals surface area contributed by atoms with Crippen LogP contribution in [0.4, 0.5) is 0 Å². The fraction of sp³-hybridized carbons (Fsp3) is 0.889. The highest BCUT2D eigenvalue weighted by Crippen LogP contribution is 2.20. The third kappa shape index (κ3) is 3.72. The molecule has 12 heavy (non-hydrogen) atoms. The van der Waals surface area contributed by atoms with Gasteiger partial charge in [-0.05, 0) is 12.8 Å². The Balaban J connectivity index is 1.91. The van der Waals surface area contributed by atoms with Crippen LogP contribution in [0.5, 0.6) is 0 Å². The molecule has 0 saturated heterocycles. The summed E-state index contributed by atoms with van der Waals surface area (Å²) in [6, 6.07) is 0. The van der Waals surface area contributed by atoms with Crippen molar-refractivity contribution in [1.82, 2.24) is 0 Å². The summed E-state index contributed by atoms with van der Waals surface area (Å²) in [6.07, 6.45) is 5.30. The lowest BCUT2D eigenvalue weighted by Crippen LogP contribution is -2.13. The Kier molecular flexibility index (Phi) is 4.08. The van der Waals surface area contributed by atoms with Crippen LogP contribution in [0.3, 0.4) is 0 Å². The van der Waals surface area contributed by atoms with E-state index in [0.717, 1.165) is 0 Å². The molecule has 1 fully saturated rings. The number of rotatable bonds is 4. The van der Waals surface area contributed by atoms with Crippen molar-refractivity contribution in [2.45, 2.75) is 38.7 Å². The molecule has 0 unspecified atom stereocenters. The number of carbonyl (C=O) groups is 1. The smallest absolute Gasteiger partial charge is 0.302 e. The first-order valence-electron chi connectivity index (χ1n) is 4.54. The summed E-state index contributed by atoms with van der Waals surface area (Å²) in [6.45, 7) is 2.35. The van der Waals surface area contributed by atoms with Gasteiger partial charge in [0.15, 0.2) is 0 Å². The second-order valence-electron chi connectivity index (χ2n) is 3.12. The molecule has 0 radical (unpaired) electrons. The van der Waals surface area contributed by atoms with E-state index in [2.05, 4.69) is 0 Å². The number of ether oxygens (including phenoxy) is 2. The zero-order valence-electron chi connectivity index (χ0n) is 7.54.